The molecule has 0 saturated heterocycles. The number of fused-ring (bicyclic) bond motifs is 1. The monoisotopic (exact) mass is 446 g/mol. The van der Waals surface area contributed by atoms with E-state index in [0.29, 0.717) is 22.4 Å². The molecule has 4 aromatic rings. The van der Waals surface area contributed by atoms with Gasteiger partial charge < -0.3 is 0 Å². The van der Waals surface area contributed by atoms with Crippen molar-refractivity contribution in [2.45, 2.75) is 0 Å². The summed E-state index contributed by atoms with van der Waals surface area (Å²) in [6, 6.07) is 18.9. The van der Waals surface area contributed by atoms with E-state index in [0.717, 1.165) is 14.6 Å². The van der Waals surface area contributed by atoms with Crippen LogP contribution < -0.4 is 11.2 Å². The van der Waals surface area contributed by atoms with Gasteiger partial charge >= 0.3 is 5.69 Å². The third kappa shape index (κ3) is 2.98. The molecule has 0 radical (unpaired) electrons. The third-order valence-electron chi connectivity index (χ3n) is 4.88. The van der Waals surface area contributed by atoms with Crippen LogP contribution in [0.5, 0.6) is 0 Å². The van der Waals surface area contributed by atoms with Crippen LogP contribution in [0, 0.1) is 11.3 Å². The van der Waals surface area contributed by atoms with Gasteiger partial charge in [0.15, 0.2) is 5.65 Å². The van der Waals surface area contributed by atoms with Gasteiger partial charge in [0.1, 0.15) is 6.07 Å². The Morgan fingerprint density at radius 2 is 1.59 bits per heavy atom. The van der Waals surface area contributed by atoms with Crippen molar-refractivity contribution in [2.75, 3.05) is 0 Å². The first-order chi connectivity index (χ1) is 13.9. The van der Waals surface area contributed by atoms with Crippen LogP contribution in [0.2, 0.25) is 0 Å². The van der Waals surface area contributed by atoms with Crippen molar-refractivity contribution in [2.24, 2.45) is 14.1 Å². The molecule has 2 aromatic heterocycles. The van der Waals surface area contributed by atoms with E-state index in [9.17, 15) is 14.9 Å². The van der Waals surface area contributed by atoms with E-state index in [1.54, 1.807) is 7.05 Å². The Hall–Kier alpha value is -3.50. The van der Waals surface area contributed by atoms with E-state index in [-0.39, 0.29) is 11.0 Å². The first kappa shape index (κ1) is 18.8. The molecule has 0 aliphatic rings. The van der Waals surface area contributed by atoms with Crippen LogP contribution in [0.25, 0.3) is 33.4 Å². The molecule has 29 heavy (non-hydrogen) atoms. The minimum Gasteiger partial charge on any atom is -0.280 e. The maximum absolute atomic E-state index is 13.1. The molecule has 0 saturated carbocycles. The van der Waals surface area contributed by atoms with E-state index in [4.69, 9.17) is 0 Å². The Bertz CT molecular complexity index is 1410. The molecule has 2 aromatic carbocycles. The highest BCUT2D eigenvalue weighted by atomic mass is 79.9. The summed E-state index contributed by atoms with van der Waals surface area (Å²) in [6.07, 6.45) is 0. The van der Waals surface area contributed by atoms with Gasteiger partial charge in [-0.3, -0.25) is 13.9 Å². The largest absolute Gasteiger partial charge is 0.332 e. The second-order valence-electron chi connectivity index (χ2n) is 6.60. The fraction of sp³-hybridized carbons (Fsp3) is 0.0909. The summed E-state index contributed by atoms with van der Waals surface area (Å²) in [5.41, 5.74) is 1.92. The van der Waals surface area contributed by atoms with Crippen LogP contribution in [-0.4, -0.2) is 14.1 Å². The number of aryl methyl sites for hydroxylation is 1. The Kier molecular flexibility index (Phi) is 4.65. The van der Waals surface area contributed by atoms with Crippen molar-refractivity contribution in [3.8, 4) is 28.5 Å². The van der Waals surface area contributed by atoms with E-state index in [1.165, 1.54) is 11.6 Å². The second kappa shape index (κ2) is 7.15. The lowest BCUT2D eigenvalue weighted by molar-refractivity contribution is 0.708. The van der Waals surface area contributed by atoms with E-state index >= 15 is 0 Å². The maximum atomic E-state index is 13.1. The summed E-state index contributed by atoms with van der Waals surface area (Å²) >= 11 is 3.41. The zero-order valence-corrected chi connectivity index (χ0v) is 17.3. The minimum absolute atomic E-state index is 0.244. The predicted octanol–water partition coefficient (Wildman–Crippen LogP) is 3.60. The Balaban J connectivity index is 2.30. The highest BCUT2D eigenvalue weighted by Gasteiger charge is 2.23. The standard InChI is InChI=1S/C22H15BrN4O2/c1-26-20-18(21(28)27(2)22(26)29)17(13-8-10-15(23)11-9-13)16(12-24)19(25-20)14-6-4-3-5-7-14/h3-11H,1-2H3. The number of pyridine rings is 1. The average molecular weight is 447 g/mol. The quantitative estimate of drug-likeness (QED) is 0.470. The summed E-state index contributed by atoms with van der Waals surface area (Å²) < 4.78 is 3.25. The van der Waals surface area contributed by atoms with Crippen LogP contribution in [0.3, 0.4) is 0 Å². The number of nitriles is 1. The second-order valence-corrected chi connectivity index (χ2v) is 7.52. The summed E-state index contributed by atoms with van der Waals surface area (Å²) in [6.45, 7) is 0. The first-order valence-electron chi connectivity index (χ1n) is 8.79. The minimum atomic E-state index is -0.482. The third-order valence-corrected chi connectivity index (χ3v) is 5.41. The molecule has 142 valence electrons. The van der Waals surface area contributed by atoms with E-state index in [1.807, 2.05) is 54.6 Å². The molecular weight excluding hydrogens is 432 g/mol. The summed E-state index contributed by atoms with van der Waals surface area (Å²) in [7, 11) is 3.00. The summed E-state index contributed by atoms with van der Waals surface area (Å²) in [4.78, 5) is 30.2. The van der Waals surface area contributed by atoms with Gasteiger partial charge in [-0.15, -0.1) is 0 Å². The van der Waals surface area contributed by atoms with Gasteiger partial charge in [-0.2, -0.15) is 5.26 Å². The highest BCUT2D eigenvalue weighted by Crippen LogP contribution is 2.35. The zero-order chi connectivity index (χ0) is 20.7. The number of halogens is 1. The van der Waals surface area contributed by atoms with Crippen molar-refractivity contribution in [3.05, 3.63) is 85.5 Å². The average Bonchev–Trinajstić information content (AvgIpc) is 2.76. The number of rotatable bonds is 2. The summed E-state index contributed by atoms with van der Waals surface area (Å²) in [5, 5.41) is 10.3. The van der Waals surface area contributed by atoms with Crippen molar-refractivity contribution in [3.63, 3.8) is 0 Å². The Morgan fingerprint density at radius 3 is 2.21 bits per heavy atom. The van der Waals surface area contributed by atoms with Gasteiger partial charge in [-0.1, -0.05) is 58.4 Å². The van der Waals surface area contributed by atoms with Crippen LogP contribution in [0.15, 0.2) is 68.7 Å². The van der Waals surface area contributed by atoms with E-state index < -0.39 is 11.2 Å². The molecule has 0 aliphatic heterocycles. The lowest BCUT2D eigenvalue weighted by atomic mass is 9.94. The van der Waals surface area contributed by atoms with Gasteiger partial charge in [-0.05, 0) is 17.7 Å². The topological polar surface area (TPSA) is 80.7 Å². The number of hydrogen-bond donors (Lipinski definition) is 0. The highest BCUT2D eigenvalue weighted by molar-refractivity contribution is 9.10. The Morgan fingerprint density at radius 1 is 0.931 bits per heavy atom. The first-order valence-corrected chi connectivity index (χ1v) is 9.58. The van der Waals surface area contributed by atoms with E-state index in [2.05, 4.69) is 27.0 Å². The zero-order valence-electron chi connectivity index (χ0n) is 15.7. The fourth-order valence-corrected chi connectivity index (χ4v) is 3.67. The molecule has 0 fully saturated rings. The molecule has 0 spiro atoms. The van der Waals surface area contributed by atoms with Crippen molar-refractivity contribution < 1.29 is 0 Å². The normalized spacial score (nSPS) is 10.8. The van der Waals surface area contributed by atoms with Gasteiger partial charge in [0, 0.05) is 29.7 Å². The smallest absolute Gasteiger partial charge is 0.280 e. The van der Waals surface area contributed by atoms with Crippen LogP contribution in [0.4, 0.5) is 0 Å². The fourth-order valence-electron chi connectivity index (χ4n) is 3.41. The molecule has 0 unspecified atom stereocenters. The molecule has 2 heterocycles. The molecule has 7 heteroatoms. The molecule has 0 amide bonds. The van der Waals surface area contributed by atoms with Crippen molar-refractivity contribution in [1.29, 1.82) is 5.26 Å². The molecule has 4 rings (SSSR count). The molecule has 0 aliphatic carbocycles. The van der Waals surface area contributed by atoms with Gasteiger partial charge in [0.25, 0.3) is 5.56 Å². The van der Waals surface area contributed by atoms with Crippen molar-refractivity contribution in [1.82, 2.24) is 14.1 Å². The summed E-state index contributed by atoms with van der Waals surface area (Å²) in [5.74, 6) is 0. The number of benzene rings is 2. The molecule has 0 bridgehead atoms. The van der Waals surface area contributed by atoms with Gasteiger partial charge in [0.05, 0.1) is 16.6 Å². The SMILES string of the molecule is Cn1c(=O)c2c(-c3ccc(Br)cc3)c(C#N)c(-c3ccccc3)nc2n(C)c1=O. The molecule has 0 atom stereocenters. The number of aromatic nitrogens is 3. The maximum Gasteiger partial charge on any atom is 0.332 e. The number of nitrogens with zero attached hydrogens (tertiary/aromatic N) is 4. The van der Waals surface area contributed by atoms with Crippen LogP contribution >= 0.6 is 15.9 Å². The molecule has 0 N–H and O–H groups in total. The lowest BCUT2D eigenvalue weighted by Gasteiger charge is -2.15. The van der Waals surface area contributed by atoms with Gasteiger partial charge in [0.2, 0.25) is 0 Å². The molecular formula is C22H15BrN4O2. The number of hydrogen-bond acceptors (Lipinski definition) is 4. The van der Waals surface area contributed by atoms with Gasteiger partial charge in [-0.25, -0.2) is 9.78 Å². The lowest BCUT2D eigenvalue weighted by Crippen LogP contribution is -2.37. The van der Waals surface area contributed by atoms with Crippen LogP contribution in [0.1, 0.15) is 5.56 Å². The predicted molar refractivity (Wildman–Crippen MR) is 116 cm³/mol. The van der Waals surface area contributed by atoms with Crippen LogP contribution in [-0.2, 0) is 14.1 Å². The molecule has 6 nitrogen and oxygen atoms in total. The Labute approximate surface area is 174 Å². The van der Waals surface area contributed by atoms with Crippen molar-refractivity contribution >= 4 is 27.0 Å².